The van der Waals surface area contributed by atoms with E-state index in [-0.39, 0.29) is 16.8 Å². The van der Waals surface area contributed by atoms with Gasteiger partial charge in [-0.3, -0.25) is 10.1 Å². The van der Waals surface area contributed by atoms with Gasteiger partial charge < -0.3 is 14.5 Å². The molecule has 29 heavy (non-hydrogen) atoms. The van der Waals surface area contributed by atoms with Gasteiger partial charge in [-0.1, -0.05) is 43.5 Å². The molecule has 2 aromatic carbocycles. The van der Waals surface area contributed by atoms with Crippen LogP contribution in [-0.2, 0) is 0 Å². The molecule has 1 aliphatic carbocycles. The Hall–Kier alpha value is -2.86. The number of ether oxygens (including phenoxy) is 1. The second-order valence-electron chi connectivity index (χ2n) is 7.40. The number of benzene rings is 2. The zero-order valence-electron chi connectivity index (χ0n) is 16.1. The van der Waals surface area contributed by atoms with Crippen LogP contribution in [0.1, 0.15) is 42.7 Å². The topological polar surface area (TPSA) is 63.5 Å². The van der Waals surface area contributed by atoms with Gasteiger partial charge in [-0.25, -0.2) is 0 Å². The summed E-state index contributed by atoms with van der Waals surface area (Å²) in [6.45, 7) is 0.747. The summed E-state index contributed by atoms with van der Waals surface area (Å²) in [5, 5.41) is 6.77. The molecule has 0 saturated heterocycles. The molecule has 3 aromatic rings. The number of amides is 1. The van der Waals surface area contributed by atoms with E-state index in [1.165, 1.54) is 32.1 Å². The van der Waals surface area contributed by atoms with Crippen molar-refractivity contribution in [1.82, 2.24) is 5.32 Å². The fourth-order valence-corrected chi connectivity index (χ4v) is 3.86. The van der Waals surface area contributed by atoms with Gasteiger partial charge in [-0.15, -0.1) is 0 Å². The van der Waals surface area contributed by atoms with E-state index in [1.54, 1.807) is 6.07 Å². The lowest BCUT2D eigenvalue weighted by atomic mass is 9.90. The first-order valence-corrected chi connectivity index (χ1v) is 10.4. The lowest BCUT2D eigenvalue weighted by Gasteiger charge is -2.21. The van der Waals surface area contributed by atoms with Crippen LogP contribution in [0.3, 0.4) is 0 Å². The largest absolute Gasteiger partial charge is 0.493 e. The van der Waals surface area contributed by atoms with Gasteiger partial charge in [-0.05, 0) is 55.2 Å². The average Bonchev–Trinajstić information content (AvgIpc) is 3.18. The minimum absolute atomic E-state index is 0.208. The van der Waals surface area contributed by atoms with E-state index >= 15 is 0 Å². The van der Waals surface area contributed by atoms with Gasteiger partial charge in [0.2, 0.25) is 0 Å². The molecule has 4 rings (SSSR count). The zero-order valence-corrected chi connectivity index (χ0v) is 17.0. The third kappa shape index (κ3) is 5.15. The Morgan fingerprint density at radius 2 is 1.90 bits per heavy atom. The summed E-state index contributed by atoms with van der Waals surface area (Å²) in [6.07, 6.45) is 6.43. The van der Waals surface area contributed by atoms with Crippen molar-refractivity contribution < 1.29 is 13.9 Å². The molecule has 0 radical (unpaired) electrons. The molecule has 2 N–H and O–H groups in total. The first-order valence-electron chi connectivity index (χ1n) is 10.0. The van der Waals surface area contributed by atoms with Gasteiger partial charge in [0.25, 0.3) is 5.91 Å². The van der Waals surface area contributed by atoms with Gasteiger partial charge in [0, 0.05) is 17.1 Å². The Balaban J connectivity index is 1.32. The van der Waals surface area contributed by atoms with E-state index in [2.05, 4.69) is 10.6 Å². The number of carbonyl (C=O) groups excluding carboxylic acids is 1. The number of thiocarbonyl (C=S) groups is 1. The maximum absolute atomic E-state index is 12.4. The first kappa shape index (κ1) is 19.5. The molecule has 5 nitrogen and oxygen atoms in total. The van der Waals surface area contributed by atoms with Crippen LogP contribution in [0.4, 0.5) is 5.69 Å². The molecule has 150 valence electrons. The Kier molecular flexibility index (Phi) is 6.10. The molecule has 6 heteroatoms. The van der Waals surface area contributed by atoms with Gasteiger partial charge in [-0.2, -0.15) is 0 Å². The van der Waals surface area contributed by atoms with Crippen molar-refractivity contribution in [3.8, 4) is 5.75 Å². The lowest BCUT2D eigenvalue weighted by Crippen LogP contribution is -2.33. The molecule has 0 bridgehead atoms. The standard InChI is InChI=1S/C23H24N2O3S/c26-22(21-13-17-9-4-5-12-20(17)28-21)25-23(29)24-18-10-6-11-19(14-18)27-15-16-7-2-1-3-8-16/h4-6,9-14,16H,1-3,7-8,15H2,(H2,24,25,26,29). The van der Waals surface area contributed by atoms with Gasteiger partial charge in [0.05, 0.1) is 6.61 Å². The summed E-state index contributed by atoms with van der Waals surface area (Å²) in [7, 11) is 0. The highest BCUT2D eigenvalue weighted by Crippen LogP contribution is 2.25. The van der Waals surface area contributed by atoms with Crippen LogP contribution < -0.4 is 15.4 Å². The number of rotatable bonds is 5. The van der Waals surface area contributed by atoms with Gasteiger partial charge >= 0.3 is 0 Å². The maximum Gasteiger partial charge on any atom is 0.293 e. The number of furan rings is 1. The van der Waals surface area contributed by atoms with Crippen molar-refractivity contribution in [2.45, 2.75) is 32.1 Å². The quantitative estimate of drug-likeness (QED) is 0.544. The first-order chi connectivity index (χ1) is 14.2. The van der Waals surface area contributed by atoms with Crippen LogP contribution in [0.15, 0.2) is 59.0 Å². The number of carbonyl (C=O) groups is 1. The third-order valence-corrected chi connectivity index (χ3v) is 5.38. The van der Waals surface area contributed by atoms with Crippen LogP contribution >= 0.6 is 12.2 Å². The van der Waals surface area contributed by atoms with Crippen LogP contribution in [0, 0.1) is 5.92 Å². The second-order valence-corrected chi connectivity index (χ2v) is 7.81. The number of hydrogen-bond donors (Lipinski definition) is 2. The summed E-state index contributed by atoms with van der Waals surface area (Å²) in [4.78, 5) is 12.4. The summed E-state index contributed by atoms with van der Waals surface area (Å²) in [5.74, 6) is 1.28. The van der Waals surface area contributed by atoms with Crippen molar-refractivity contribution in [2.75, 3.05) is 11.9 Å². The highest BCUT2D eigenvalue weighted by molar-refractivity contribution is 7.80. The highest BCUT2D eigenvalue weighted by atomic mass is 32.1. The number of hydrogen-bond acceptors (Lipinski definition) is 4. The minimum Gasteiger partial charge on any atom is -0.493 e. The zero-order chi connectivity index (χ0) is 20.1. The normalized spacial score (nSPS) is 14.5. The molecule has 1 heterocycles. The molecular formula is C23H24N2O3S. The van der Waals surface area contributed by atoms with Gasteiger partial charge in [0.1, 0.15) is 11.3 Å². The average molecular weight is 409 g/mol. The maximum atomic E-state index is 12.4. The van der Waals surface area contributed by atoms with Crippen LogP contribution in [0.5, 0.6) is 5.75 Å². The van der Waals surface area contributed by atoms with Crippen molar-refractivity contribution in [2.24, 2.45) is 5.92 Å². The van der Waals surface area contributed by atoms with Crippen LogP contribution in [0.25, 0.3) is 11.0 Å². The highest BCUT2D eigenvalue weighted by Gasteiger charge is 2.15. The predicted octanol–water partition coefficient (Wildman–Crippen LogP) is 5.52. The molecule has 0 spiro atoms. The molecular weight excluding hydrogens is 384 g/mol. The third-order valence-electron chi connectivity index (χ3n) is 5.18. The Morgan fingerprint density at radius 3 is 2.72 bits per heavy atom. The summed E-state index contributed by atoms with van der Waals surface area (Å²) in [6, 6.07) is 16.8. The molecule has 1 aliphatic rings. The summed E-state index contributed by atoms with van der Waals surface area (Å²) < 4.78 is 11.5. The number of nitrogens with one attached hydrogen (secondary N) is 2. The van der Waals surface area contributed by atoms with E-state index < -0.39 is 0 Å². The van der Waals surface area contributed by atoms with Crippen molar-refractivity contribution in [1.29, 1.82) is 0 Å². The fraction of sp³-hybridized carbons (Fsp3) is 0.304. The molecule has 1 aromatic heterocycles. The van der Waals surface area contributed by atoms with Gasteiger partial charge in [0.15, 0.2) is 10.9 Å². The summed E-state index contributed by atoms with van der Waals surface area (Å²) in [5.41, 5.74) is 1.43. The molecule has 0 atom stereocenters. The van der Waals surface area contributed by atoms with E-state index in [0.29, 0.717) is 11.5 Å². The molecule has 1 fully saturated rings. The van der Waals surface area contributed by atoms with Crippen LogP contribution in [0.2, 0.25) is 0 Å². The van der Waals surface area contributed by atoms with Crippen LogP contribution in [-0.4, -0.2) is 17.6 Å². The van der Waals surface area contributed by atoms with E-state index in [1.807, 2.05) is 48.5 Å². The number of anilines is 1. The lowest BCUT2D eigenvalue weighted by molar-refractivity contribution is 0.0953. The van der Waals surface area contributed by atoms with E-state index in [9.17, 15) is 4.79 Å². The predicted molar refractivity (Wildman–Crippen MR) is 118 cm³/mol. The molecule has 1 amide bonds. The number of para-hydroxylation sites is 1. The van der Waals surface area contributed by atoms with Crippen molar-refractivity contribution in [3.05, 3.63) is 60.4 Å². The Bertz CT molecular complexity index is 975. The number of fused-ring (bicyclic) bond motifs is 1. The SMILES string of the molecule is O=C(NC(=S)Nc1cccc(OCC2CCCCC2)c1)c1cc2ccccc2o1. The minimum atomic E-state index is -0.386. The van der Waals surface area contributed by atoms with Crippen molar-refractivity contribution in [3.63, 3.8) is 0 Å². The van der Waals surface area contributed by atoms with E-state index in [4.69, 9.17) is 21.4 Å². The molecule has 1 saturated carbocycles. The summed E-state index contributed by atoms with van der Waals surface area (Å²) >= 11 is 5.28. The van der Waals surface area contributed by atoms with E-state index in [0.717, 1.165) is 23.4 Å². The Morgan fingerprint density at radius 1 is 1.07 bits per heavy atom. The second kappa shape index (κ2) is 9.09. The Labute approximate surface area is 175 Å². The monoisotopic (exact) mass is 408 g/mol. The molecule has 0 unspecified atom stereocenters. The van der Waals surface area contributed by atoms with Crippen molar-refractivity contribution >= 4 is 39.9 Å². The smallest absolute Gasteiger partial charge is 0.293 e. The molecule has 0 aliphatic heterocycles. The fourth-order valence-electron chi connectivity index (χ4n) is 3.65.